The fourth-order valence-corrected chi connectivity index (χ4v) is 3.26. The van der Waals surface area contributed by atoms with E-state index < -0.39 is 11.6 Å². The van der Waals surface area contributed by atoms with Crippen molar-refractivity contribution >= 4 is 10.8 Å². The minimum absolute atomic E-state index is 0.508. The Morgan fingerprint density at radius 2 is 1.48 bits per heavy atom. The predicted molar refractivity (Wildman–Crippen MR) is 126 cm³/mol. The third kappa shape index (κ3) is 6.02. The van der Waals surface area contributed by atoms with Crippen LogP contribution in [0.5, 0.6) is 5.75 Å². The first-order chi connectivity index (χ1) is 16.1. The molecule has 0 aliphatic heterocycles. The molecule has 0 aliphatic carbocycles. The number of aryl methyl sites for hydroxylation is 2. The zero-order valence-corrected chi connectivity index (χ0v) is 18.2. The molecule has 4 rings (SSSR count). The molecule has 0 spiro atoms. The van der Waals surface area contributed by atoms with Gasteiger partial charge in [-0.15, -0.1) is 0 Å². The number of aromatic nitrogens is 2. The van der Waals surface area contributed by atoms with Crippen LogP contribution in [0.25, 0.3) is 10.8 Å². The maximum atomic E-state index is 13.5. The lowest BCUT2D eigenvalue weighted by Gasteiger charge is -2.04. The highest BCUT2D eigenvalue weighted by Crippen LogP contribution is 2.20. The van der Waals surface area contributed by atoms with Crippen molar-refractivity contribution in [3.63, 3.8) is 0 Å². The molecular weight excluding hydrogens is 418 g/mol. The molecule has 3 nitrogen and oxygen atoms in total. The summed E-state index contributed by atoms with van der Waals surface area (Å²) >= 11 is 0. The molecule has 164 valence electrons. The van der Waals surface area contributed by atoms with E-state index in [0.29, 0.717) is 23.1 Å². The van der Waals surface area contributed by atoms with Gasteiger partial charge in [0.1, 0.15) is 12.4 Å². The van der Waals surface area contributed by atoms with Crippen LogP contribution in [0, 0.1) is 23.5 Å². The Balaban J connectivity index is 1.36. The highest BCUT2D eigenvalue weighted by Gasteiger charge is 2.04. The van der Waals surface area contributed by atoms with E-state index in [2.05, 4.69) is 21.8 Å². The lowest BCUT2D eigenvalue weighted by molar-refractivity contribution is 0.359. The Kier molecular flexibility index (Phi) is 7.06. The number of allylic oxidation sites excluding steroid dienone is 1. The van der Waals surface area contributed by atoms with Crippen molar-refractivity contribution in [2.24, 2.45) is 0 Å². The summed E-state index contributed by atoms with van der Waals surface area (Å²) in [4.78, 5) is 8.72. The first-order valence-electron chi connectivity index (χ1n) is 10.7. The molecular formula is C28H22F2N2O. The van der Waals surface area contributed by atoms with Crippen molar-refractivity contribution in [3.8, 4) is 17.6 Å². The van der Waals surface area contributed by atoms with Crippen molar-refractivity contribution in [1.29, 1.82) is 0 Å². The molecule has 0 fully saturated rings. The highest BCUT2D eigenvalue weighted by molar-refractivity contribution is 5.84. The Morgan fingerprint density at radius 3 is 2.21 bits per heavy atom. The van der Waals surface area contributed by atoms with Crippen LogP contribution in [0.3, 0.4) is 0 Å². The van der Waals surface area contributed by atoms with Crippen LogP contribution in [-0.2, 0) is 12.8 Å². The van der Waals surface area contributed by atoms with Crippen molar-refractivity contribution in [1.82, 2.24) is 9.97 Å². The fraction of sp³-hybridized carbons (Fsp3) is 0.143. The summed E-state index contributed by atoms with van der Waals surface area (Å²) in [6, 6.07) is 15.7. The van der Waals surface area contributed by atoms with Gasteiger partial charge in [-0.1, -0.05) is 42.2 Å². The maximum Gasteiger partial charge on any atom is 0.159 e. The number of fused-ring (bicyclic) bond motifs is 1. The van der Waals surface area contributed by atoms with E-state index in [1.54, 1.807) is 30.6 Å². The van der Waals surface area contributed by atoms with E-state index in [0.717, 1.165) is 29.8 Å². The van der Waals surface area contributed by atoms with Crippen LogP contribution in [-0.4, -0.2) is 16.6 Å². The van der Waals surface area contributed by atoms with Gasteiger partial charge in [-0.2, -0.15) is 0 Å². The third-order valence-electron chi connectivity index (χ3n) is 5.09. The average molecular weight is 440 g/mol. The Labute approximate surface area is 191 Å². The molecule has 0 amide bonds. The van der Waals surface area contributed by atoms with E-state index in [9.17, 15) is 8.78 Å². The summed E-state index contributed by atoms with van der Waals surface area (Å²) in [6.07, 6.45) is 8.80. The molecule has 0 N–H and O–H groups in total. The molecule has 0 saturated carbocycles. The summed E-state index contributed by atoms with van der Waals surface area (Å²) in [7, 11) is 0. The Morgan fingerprint density at radius 1 is 0.818 bits per heavy atom. The highest BCUT2D eigenvalue weighted by atomic mass is 19.2. The normalized spacial score (nSPS) is 10.9. The summed E-state index contributed by atoms with van der Waals surface area (Å²) in [5.41, 5.74) is 2.79. The van der Waals surface area contributed by atoms with Gasteiger partial charge in [0.15, 0.2) is 17.4 Å². The van der Waals surface area contributed by atoms with Crippen LogP contribution in [0.2, 0.25) is 0 Å². The number of benzene rings is 3. The van der Waals surface area contributed by atoms with Crippen LogP contribution < -0.4 is 4.74 Å². The molecule has 0 radical (unpaired) electrons. The molecule has 1 heterocycles. The standard InChI is InChI=1S/C28H22F2N2O/c1-2-3-14-33-25-18-31-28(32-19-25)13-11-21-6-4-20(5-7-21)8-9-22-10-12-23-16-26(29)27(30)17-24(23)15-22/h2-7,10,12,15-19H,11,13-14H2,1H3/b3-2+. The molecule has 0 unspecified atom stereocenters. The second kappa shape index (κ2) is 10.5. The van der Waals surface area contributed by atoms with Crippen LogP contribution >= 0.6 is 0 Å². The van der Waals surface area contributed by atoms with Crippen LogP contribution in [0.4, 0.5) is 8.78 Å². The van der Waals surface area contributed by atoms with Crippen molar-refractivity contribution < 1.29 is 13.5 Å². The number of hydrogen-bond acceptors (Lipinski definition) is 3. The van der Waals surface area contributed by atoms with Gasteiger partial charge >= 0.3 is 0 Å². The van der Waals surface area contributed by atoms with E-state index in [1.807, 2.05) is 43.3 Å². The zero-order chi connectivity index (χ0) is 23.0. The van der Waals surface area contributed by atoms with E-state index in [1.165, 1.54) is 17.7 Å². The van der Waals surface area contributed by atoms with Crippen LogP contribution in [0.15, 0.2) is 79.1 Å². The molecule has 5 heteroatoms. The minimum atomic E-state index is -0.859. The minimum Gasteiger partial charge on any atom is -0.486 e. The quantitative estimate of drug-likeness (QED) is 0.271. The largest absolute Gasteiger partial charge is 0.486 e. The second-order valence-corrected chi connectivity index (χ2v) is 7.49. The van der Waals surface area contributed by atoms with Gasteiger partial charge in [0.2, 0.25) is 0 Å². The Bertz CT molecular complexity index is 1330. The van der Waals surface area contributed by atoms with Gasteiger partial charge < -0.3 is 4.74 Å². The van der Waals surface area contributed by atoms with Crippen molar-refractivity contribution in [2.75, 3.05) is 6.61 Å². The smallest absolute Gasteiger partial charge is 0.159 e. The second-order valence-electron chi connectivity index (χ2n) is 7.49. The zero-order valence-electron chi connectivity index (χ0n) is 18.2. The maximum absolute atomic E-state index is 13.5. The lowest BCUT2D eigenvalue weighted by Crippen LogP contribution is -2.00. The number of rotatable bonds is 6. The molecule has 1 aromatic heterocycles. The average Bonchev–Trinajstić information content (AvgIpc) is 2.84. The number of hydrogen-bond donors (Lipinski definition) is 0. The first-order valence-corrected chi connectivity index (χ1v) is 10.7. The molecule has 3 aromatic carbocycles. The molecule has 0 aliphatic rings. The fourth-order valence-electron chi connectivity index (χ4n) is 3.26. The van der Waals surface area contributed by atoms with Crippen molar-refractivity contribution in [2.45, 2.75) is 19.8 Å². The summed E-state index contributed by atoms with van der Waals surface area (Å²) in [6.45, 7) is 2.45. The van der Waals surface area contributed by atoms with E-state index in [4.69, 9.17) is 4.74 Å². The Hall–Kier alpha value is -4.04. The number of ether oxygens (including phenoxy) is 1. The van der Waals surface area contributed by atoms with Crippen molar-refractivity contribution in [3.05, 3.63) is 113 Å². The summed E-state index contributed by atoms with van der Waals surface area (Å²) < 4.78 is 32.3. The van der Waals surface area contributed by atoms with Gasteiger partial charge in [0.05, 0.1) is 12.4 Å². The topological polar surface area (TPSA) is 35.0 Å². The summed E-state index contributed by atoms with van der Waals surface area (Å²) in [5.74, 6) is 5.92. The van der Waals surface area contributed by atoms with Gasteiger partial charge in [-0.3, -0.25) is 0 Å². The van der Waals surface area contributed by atoms with E-state index >= 15 is 0 Å². The molecule has 0 bridgehead atoms. The number of nitrogens with zero attached hydrogens (tertiary/aromatic N) is 2. The summed E-state index contributed by atoms with van der Waals surface area (Å²) in [5, 5.41) is 1.26. The molecule has 33 heavy (non-hydrogen) atoms. The first kappa shape index (κ1) is 22.2. The molecule has 4 aromatic rings. The SMILES string of the molecule is C/C=C/COc1cnc(CCc2ccc(C#Cc3ccc4cc(F)c(F)cc4c3)cc2)nc1. The lowest BCUT2D eigenvalue weighted by atomic mass is 10.1. The number of halogens is 2. The van der Waals surface area contributed by atoms with Gasteiger partial charge in [-0.25, -0.2) is 18.7 Å². The molecule has 0 saturated heterocycles. The third-order valence-corrected chi connectivity index (χ3v) is 5.09. The predicted octanol–water partition coefficient (Wildman–Crippen LogP) is 6.05. The van der Waals surface area contributed by atoms with Gasteiger partial charge in [-0.05, 0) is 66.1 Å². The molecule has 0 atom stereocenters. The van der Waals surface area contributed by atoms with Gasteiger partial charge in [0, 0.05) is 17.5 Å². The van der Waals surface area contributed by atoms with Crippen LogP contribution in [0.1, 0.15) is 29.4 Å². The van der Waals surface area contributed by atoms with Gasteiger partial charge in [0.25, 0.3) is 0 Å². The van der Waals surface area contributed by atoms with E-state index in [-0.39, 0.29) is 0 Å². The monoisotopic (exact) mass is 440 g/mol.